The molecule has 0 radical (unpaired) electrons. The fourth-order valence-corrected chi connectivity index (χ4v) is 3.37. The van der Waals surface area contributed by atoms with Gasteiger partial charge in [-0.25, -0.2) is 4.79 Å². The van der Waals surface area contributed by atoms with E-state index in [0.717, 1.165) is 0 Å². The zero-order chi connectivity index (χ0) is 25.3. The molecule has 1 N–H and O–H groups in total. The van der Waals surface area contributed by atoms with Crippen LogP contribution >= 0.6 is 0 Å². The minimum absolute atomic E-state index is 0.0667. The summed E-state index contributed by atoms with van der Waals surface area (Å²) in [4.78, 5) is 60.4. The molecule has 1 aliphatic heterocycles. The minimum atomic E-state index is -1.12. The first-order valence-corrected chi connectivity index (χ1v) is 10.6. The maximum absolute atomic E-state index is 12.0. The molecule has 12 nitrogen and oxygen atoms in total. The average Bonchev–Trinajstić information content (AvgIpc) is 2.61. The summed E-state index contributed by atoms with van der Waals surface area (Å²) in [6.45, 7) is 10.2. The summed E-state index contributed by atoms with van der Waals surface area (Å²) in [5.74, 6) is -2.51. The number of carbonyl (C=O) groups excluding carboxylic acids is 5. The molecule has 188 valence electrons. The monoisotopic (exact) mass is 474 g/mol. The van der Waals surface area contributed by atoms with Crippen molar-refractivity contribution in [3.8, 4) is 0 Å². The molecule has 0 unspecified atom stereocenters. The Morgan fingerprint density at radius 2 is 1.39 bits per heavy atom. The van der Waals surface area contributed by atoms with E-state index in [9.17, 15) is 24.0 Å². The summed E-state index contributed by atoms with van der Waals surface area (Å²) >= 11 is 0. The lowest BCUT2D eigenvalue weighted by Crippen LogP contribution is -2.66. The van der Waals surface area contributed by atoms with Crippen LogP contribution < -0.4 is 5.32 Å². The van der Waals surface area contributed by atoms with E-state index in [2.05, 4.69) is 5.32 Å². The third-order valence-electron chi connectivity index (χ3n) is 4.40. The van der Waals surface area contributed by atoms with E-state index in [4.69, 9.17) is 23.7 Å². The van der Waals surface area contributed by atoms with Crippen LogP contribution in [0.25, 0.3) is 0 Å². The summed E-state index contributed by atoms with van der Waals surface area (Å²) in [6.07, 6.45) is -3.82. The molecule has 0 bridgehead atoms. The van der Waals surface area contributed by atoms with Crippen LogP contribution in [0, 0.1) is 0 Å². The van der Waals surface area contributed by atoms with E-state index >= 15 is 0 Å². The smallest absolute Gasteiger partial charge is 0.407 e. The number of hydrogen-bond donors (Lipinski definition) is 1. The van der Waals surface area contributed by atoms with Gasteiger partial charge in [0.15, 0.2) is 18.3 Å². The van der Waals surface area contributed by atoms with Crippen molar-refractivity contribution in [1.29, 1.82) is 0 Å². The molecule has 33 heavy (non-hydrogen) atoms. The molecule has 1 fully saturated rings. The lowest BCUT2D eigenvalue weighted by Gasteiger charge is -2.46. The molecule has 0 aromatic rings. The zero-order valence-electron chi connectivity index (χ0n) is 20.2. The van der Waals surface area contributed by atoms with Crippen LogP contribution in [0.1, 0.15) is 48.5 Å². The van der Waals surface area contributed by atoms with Crippen LogP contribution in [0.2, 0.25) is 0 Å². The number of likely N-dealkylation sites (tertiary alicyclic amines) is 1. The Bertz CT molecular complexity index is 733. The standard InChI is InChI=1S/C21H34N2O10/c1-12(24)29-11-16-18(31-14(3)26)19(32-15(4)27)17(30-13(2)25)10-23(16)9-8-22-20(28)33-21(5,6)7/h16-19H,8-11H2,1-7H3,(H,22,28)/t16-,17+,18-,19-/m1/s1. The van der Waals surface area contributed by atoms with Gasteiger partial charge in [0.1, 0.15) is 12.2 Å². The first-order valence-electron chi connectivity index (χ1n) is 10.6. The van der Waals surface area contributed by atoms with Crippen molar-refractivity contribution in [2.45, 2.75) is 78.4 Å². The summed E-state index contributed by atoms with van der Waals surface area (Å²) in [7, 11) is 0. The second-order valence-corrected chi connectivity index (χ2v) is 8.59. The lowest BCUT2D eigenvalue weighted by molar-refractivity contribution is -0.207. The van der Waals surface area contributed by atoms with Crippen LogP contribution in [0.3, 0.4) is 0 Å². The second kappa shape index (κ2) is 12.4. The number of rotatable bonds is 8. The van der Waals surface area contributed by atoms with Crippen molar-refractivity contribution in [1.82, 2.24) is 10.2 Å². The Balaban J connectivity index is 3.15. The summed E-state index contributed by atoms with van der Waals surface area (Å²) < 4.78 is 26.5. The van der Waals surface area contributed by atoms with E-state index in [1.807, 2.05) is 0 Å². The van der Waals surface area contributed by atoms with Gasteiger partial charge < -0.3 is 29.0 Å². The summed E-state index contributed by atoms with van der Waals surface area (Å²) in [5.41, 5.74) is -0.675. The highest BCUT2D eigenvalue weighted by atomic mass is 16.6. The van der Waals surface area contributed by atoms with Gasteiger partial charge in [0.25, 0.3) is 0 Å². The van der Waals surface area contributed by atoms with Gasteiger partial charge in [-0.2, -0.15) is 0 Å². The number of ether oxygens (including phenoxy) is 5. The molecule has 0 aromatic carbocycles. The topological polar surface area (TPSA) is 147 Å². The SMILES string of the molecule is CC(=O)OC[C@@H]1[C@@H](OC(C)=O)[C@H](OC(C)=O)[C@@H](OC(C)=O)CN1CCNC(=O)OC(C)(C)C. The van der Waals surface area contributed by atoms with E-state index in [1.54, 1.807) is 25.7 Å². The van der Waals surface area contributed by atoms with Crippen LogP contribution in [0.4, 0.5) is 4.79 Å². The first-order chi connectivity index (χ1) is 15.2. The predicted octanol–water partition coefficient (Wildman–Crippen LogP) is 0.554. The number of esters is 4. The summed E-state index contributed by atoms with van der Waals surface area (Å²) in [5, 5.41) is 2.62. The normalized spacial score (nSPS) is 23.1. The highest BCUT2D eigenvalue weighted by Crippen LogP contribution is 2.27. The number of alkyl carbamates (subject to hydrolysis) is 1. The largest absolute Gasteiger partial charge is 0.464 e. The molecule has 4 atom stereocenters. The number of hydrogen-bond acceptors (Lipinski definition) is 11. The Kier molecular flexibility index (Phi) is 10.6. The molecule has 1 aliphatic rings. The highest BCUT2D eigenvalue weighted by molar-refractivity contribution is 5.69. The highest BCUT2D eigenvalue weighted by Gasteiger charge is 2.49. The maximum Gasteiger partial charge on any atom is 0.407 e. The molecule has 0 spiro atoms. The Labute approximate surface area is 193 Å². The van der Waals surface area contributed by atoms with E-state index < -0.39 is 59.9 Å². The lowest BCUT2D eigenvalue weighted by atomic mass is 9.93. The van der Waals surface area contributed by atoms with Gasteiger partial charge in [0.2, 0.25) is 0 Å². The van der Waals surface area contributed by atoms with E-state index in [-0.39, 0.29) is 26.2 Å². The fraction of sp³-hybridized carbons (Fsp3) is 0.762. The van der Waals surface area contributed by atoms with Crippen LogP contribution in [-0.2, 0) is 42.9 Å². The number of nitrogens with one attached hydrogen (secondary N) is 1. The molecule has 0 saturated carbocycles. The number of nitrogens with zero attached hydrogens (tertiary/aromatic N) is 1. The van der Waals surface area contributed by atoms with Gasteiger partial charge in [-0.1, -0.05) is 0 Å². The van der Waals surface area contributed by atoms with E-state index in [0.29, 0.717) is 0 Å². The van der Waals surface area contributed by atoms with Gasteiger partial charge >= 0.3 is 30.0 Å². The van der Waals surface area contributed by atoms with Crippen molar-refractivity contribution in [3.63, 3.8) is 0 Å². The van der Waals surface area contributed by atoms with Crippen molar-refractivity contribution >= 4 is 30.0 Å². The molecule has 1 saturated heterocycles. The van der Waals surface area contributed by atoms with Gasteiger partial charge in [-0.15, -0.1) is 0 Å². The van der Waals surface area contributed by atoms with Crippen molar-refractivity contribution < 1.29 is 47.7 Å². The quantitative estimate of drug-likeness (QED) is 0.388. The third kappa shape index (κ3) is 10.5. The van der Waals surface area contributed by atoms with Gasteiger partial charge in [0.05, 0.1) is 6.04 Å². The van der Waals surface area contributed by atoms with Crippen LogP contribution in [0.15, 0.2) is 0 Å². The predicted molar refractivity (Wildman–Crippen MR) is 113 cm³/mol. The maximum atomic E-state index is 12.0. The van der Waals surface area contributed by atoms with E-state index in [1.165, 1.54) is 27.7 Å². The Hall–Kier alpha value is -2.89. The third-order valence-corrected chi connectivity index (χ3v) is 4.40. The first kappa shape index (κ1) is 28.1. The molecule has 1 amide bonds. The molecular formula is C21H34N2O10. The fourth-order valence-electron chi connectivity index (χ4n) is 3.37. The van der Waals surface area contributed by atoms with Crippen molar-refractivity contribution in [2.24, 2.45) is 0 Å². The molecule has 1 rings (SSSR count). The second-order valence-electron chi connectivity index (χ2n) is 8.59. The molecule has 12 heteroatoms. The van der Waals surface area contributed by atoms with Crippen LogP contribution in [0.5, 0.6) is 0 Å². The van der Waals surface area contributed by atoms with Crippen LogP contribution in [-0.4, -0.2) is 91.1 Å². The Morgan fingerprint density at radius 1 is 0.848 bits per heavy atom. The number of amides is 1. The summed E-state index contributed by atoms with van der Waals surface area (Å²) in [6, 6.07) is -0.741. The minimum Gasteiger partial charge on any atom is -0.464 e. The van der Waals surface area contributed by atoms with Gasteiger partial charge in [0, 0.05) is 47.3 Å². The Morgan fingerprint density at radius 3 is 1.88 bits per heavy atom. The number of carbonyl (C=O) groups is 5. The molecule has 0 aromatic heterocycles. The average molecular weight is 475 g/mol. The van der Waals surface area contributed by atoms with Gasteiger partial charge in [-0.3, -0.25) is 24.1 Å². The molecule has 0 aliphatic carbocycles. The van der Waals surface area contributed by atoms with Gasteiger partial charge in [-0.05, 0) is 20.8 Å². The zero-order valence-corrected chi connectivity index (χ0v) is 20.2. The molecule has 1 heterocycles. The van der Waals surface area contributed by atoms with Crippen molar-refractivity contribution in [3.05, 3.63) is 0 Å². The number of piperidine rings is 1. The molecular weight excluding hydrogens is 440 g/mol. The van der Waals surface area contributed by atoms with Crippen molar-refractivity contribution in [2.75, 3.05) is 26.2 Å².